The van der Waals surface area contributed by atoms with Gasteiger partial charge in [-0.25, -0.2) is 0 Å². The van der Waals surface area contributed by atoms with Gasteiger partial charge in [-0.15, -0.1) is 0 Å². The van der Waals surface area contributed by atoms with E-state index in [0.29, 0.717) is 0 Å². The summed E-state index contributed by atoms with van der Waals surface area (Å²) in [4.78, 5) is 2.78. The summed E-state index contributed by atoms with van der Waals surface area (Å²) in [7, 11) is 0. The third kappa shape index (κ3) is 1.98. The molecule has 14 heavy (non-hydrogen) atoms. The quantitative estimate of drug-likeness (QED) is 0.620. The second-order valence-corrected chi connectivity index (χ2v) is 5.74. The lowest BCUT2D eigenvalue weighted by atomic mass is 9.75. The van der Waals surface area contributed by atoms with Gasteiger partial charge in [-0.1, -0.05) is 19.8 Å². The molecular weight excluding hydrogens is 170 g/mol. The summed E-state index contributed by atoms with van der Waals surface area (Å²) in [6.07, 6.45) is 7.42. The molecule has 0 spiro atoms. The van der Waals surface area contributed by atoms with E-state index in [-0.39, 0.29) is 0 Å². The summed E-state index contributed by atoms with van der Waals surface area (Å²) in [6.45, 7) is 8.51. The zero-order valence-electron chi connectivity index (χ0n) is 10.00. The zero-order chi connectivity index (χ0) is 10.1. The fourth-order valence-corrected chi connectivity index (χ4v) is 3.58. The molecule has 1 aliphatic carbocycles. The van der Waals surface area contributed by atoms with E-state index in [1.54, 1.807) is 0 Å². The molecule has 0 unspecified atom stereocenters. The Morgan fingerprint density at radius 3 is 2.57 bits per heavy atom. The van der Waals surface area contributed by atoms with Gasteiger partial charge in [0.05, 0.1) is 0 Å². The topological polar surface area (TPSA) is 3.24 Å². The molecule has 2 rings (SSSR count). The van der Waals surface area contributed by atoms with E-state index in [2.05, 4.69) is 25.7 Å². The zero-order valence-corrected chi connectivity index (χ0v) is 10.00. The Morgan fingerprint density at radius 2 is 1.86 bits per heavy atom. The van der Waals surface area contributed by atoms with Crippen molar-refractivity contribution in [2.75, 3.05) is 6.54 Å². The largest absolute Gasteiger partial charge is 0.297 e. The third-order valence-corrected chi connectivity index (χ3v) is 4.19. The fourth-order valence-electron chi connectivity index (χ4n) is 3.58. The molecule has 0 amide bonds. The van der Waals surface area contributed by atoms with Crippen molar-refractivity contribution in [3.8, 4) is 0 Å². The third-order valence-electron chi connectivity index (χ3n) is 4.19. The van der Waals surface area contributed by atoms with Crippen molar-refractivity contribution >= 4 is 0 Å². The Hall–Kier alpha value is -0.0400. The molecule has 1 saturated carbocycles. The lowest BCUT2D eigenvalue weighted by Crippen LogP contribution is -2.52. The summed E-state index contributed by atoms with van der Waals surface area (Å²) in [6, 6.07) is 1.68. The van der Waals surface area contributed by atoms with Gasteiger partial charge in [0.2, 0.25) is 0 Å². The minimum Gasteiger partial charge on any atom is -0.297 e. The molecule has 1 saturated heterocycles. The summed E-state index contributed by atoms with van der Waals surface area (Å²) < 4.78 is 0. The summed E-state index contributed by atoms with van der Waals surface area (Å²) in [5, 5.41) is 0. The van der Waals surface area contributed by atoms with Gasteiger partial charge >= 0.3 is 0 Å². The van der Waals surface area contributed by atoms with Gasteiger partial charge < -0.3 is 0 Å². The molecule has 1 heteroatoms. The minimum atomic E-state index is 0.753. The first-order valence-corrected chi connectivity index (χ1v) is 6.44. The monoisotopic (exact) mass is 195 g/mol. The van der Waals surface area contributed by atoms with E-state index >= 15 is 0 Å². The average Bonchev–Trinajstić information content (AvgIpc) is 2.16. The Kier molecular flexibility index (Phi) is 3.16. The average molecular weight is 195 g/mol. The van der Waals surface area contributed by atoms with Crippen molar-refractivity contribution in [2.24, 2.45) is 11.8 Å². The Balaban J connectivity index is 2.07. The van der Waals surface area contributed by atoms with Crippen molar-refractivity contribution in [1.29, 1.82) is 0 Å². The van der Waals surface area contributed by atoms with E-state index in [1.165, 1.54) is 38.6 Å². The maximum absolute atomic E-state index is 2.78. The Bertz CT molecular complexity index is 188. The van der Waals surface area contributed by atoms with E-state index in [1.807, 2.05) is 0 Å². The van der Waals surface area contributed by atoms with Crippen molar-refractivity contribution in [3.05, 3.63) is 0 Å². The summed E-state index contributed by atoms with van der Waals surface area (Å²) in [5.74, 6) is 1.95. The molecule has 0 aromatic rings. The van der Waals surface area contributed by atoms with Crippen LogP contribution in [-0.2, 0) is 0 Å². The number of rotatable bonds is 1. The van der Waals surface area contributed by atoms with E-state index in [9.17, 15) is 0 Å². The molecule has 0 bridgehead atoms. The highest BCUT2D eigenvalue weighted by molar-refractivity contribution is 4.90. The molecule has 0 aromatic heterocycles. The van der Waals surface area contributed by atoms with Crippen molar-refractivity contribution in [3.63, 3.8) is 0 Å². The van der Waals surface area contributed by atoms with E-state index < -0.39 is 0 Å². The Labute approximate surface area is 88.9 Å². The normalized spacial score (nSPS) is 39.9. The highest BCUT2D eigenvalue weighted by atomic mass is 15.2. The lowest BCUT2D eigenvalue weighted by Gasteiger charge is -2.48. The van der Waals surface area contributed by atoms with Gasteiger partial charge in [-0.2, -0.15) is 0 Å². The SMILES string of the molecule is CC(C)N1C[C@@H](C)C[C@H]2CCCC[C@@H]21. The van der Waals surface area contributed by atoms with Crippen LogP contribution in [0.4, 0.5) is 0 Å². The van der Waals surface area contributed by atoms with Gasteiger partial charge in [0.1, 0.15) is 0 Å². The van der Waals surface area contributed by atoms with Gasteiger partial charge in [-0.3, -0.25) is 4.90 Å². The van der Waals surface area contributed by atoms with Crippen molar-refractivity contribution in [1.82, 2.24) is 4.90 Å². The number of hydrogen-bond donors (Lipinski definition) is 0. The summed E-state index contributed by atoms with van der Waals surface area (Å²) >= 11 is 0. The van der Waals surface area contributed by atoms with Crippen LogP contribution in [0.2, 0.25) is 0 Å². The second kappa shape index (κ2) is 4.22. The number of hydrogen-bond acceptors (Lipinski definition) is 1. The van der Waals surface area contributed by atoms with Crippen LogP contribution in [-0.4, -0.2) is 23.5 Å². The van der Waals surface area contributed by atoms with Gasteiger partial charge in [-0.05, 0) is 44.9 Å². The Morgan fingerprint density at radius 1 is 1.14 bits per heavy atom. The first-order valence-electron chi connectivity index (χ1n) is 6.44. The van der Waals surface area contributed by atoms with E-state index in [4.69, 9.17) is 0 Å². The number of likely N-dealkylation sites (tertiary alicyclic amines) is 1. The second-order valence-electron chi connectivity index (χ2n) is 5.74. The van der Waals surface area contributed by atoms with Crippen LogP contribution in [0.3, 0.4) is 0 Å². The van der Waals surface area contributed by atoms with Gasteiger partial charge in [0.25, 0.3) is 0 Å². The molecule has 1 heterocycles. The molecule has 0 aromatic carbocycles. The number of fused-ring (bicyclic) bond motifs is 1. The predicted molar refractivity (Wildman–Crippen MR) is 61.4 cm³/mol. The van der Waals surface area contributed by atoms with Crippen LogP contribution in [0.15, 0.2) is 0 Å². The highest BCUT2D eigenvalue weighted by Crippen LogP contribution is 2.38. The highest BCUT2D eigenvalue weighted by Gasteiger charge is 2.36. The van der Waals surface area contributed by atoms with Gasteiger partial charge in [0.15, 0.2) is 0 Å². The first kappa shape index (κ1) is 10.5. The lowest BCUT2D eigenvalue weighted by molar-refractivity contribution is 0.0119. The molecule has 3 atom stereocenters. The summed E-state index contributed by atoms with van der Waals surface area (Å²) in [5.41, 5.74) is 0. The molecule has 2 aliphatic rings. The molecule has 0 N–H and O–H groups in total. The smallest absolute Gasteiger partial charge is 0.0126 e. The molecule has 0 radical (unpaired) electrons. The molecule has 82 valence electrons. The number of piperidine rings is 1. The van der Waals surface area contributed by atoms with Crippen LogP contribution >= 0.6 is 0 Å². The molecule has 1 nitrogen and oxygen atoms in total. The standard InChI is InChI=1S/C13H25N/c1-10(2)14-9-11(3)8-12-6-4-5-7-13(12)14/h10-13H,4-9H2,1-3H3/t11-,12+,13-/m0/s1. The van der Waals surface area contributed by atoms with Crippen LogP contribution in [0, 0.1) is 11.8 Å². The van der Waals surface area contributed by atoms with Crippen molar-refractivity contribution < 1.29 is 0 Å². The van der Waals surface area contributed by atoms with Crippen LogP contribution < -0.4 is 0 Å². The molecule has 2 fully saturated rings. The predicted octanol–water partition coefficient (Wildman–Crippen LogP) is 3.30. The van der Waals surface area contributed by atoms with E-state index in [0.717, 1.165) is 23.9 Å². The maximum atomic E-state index is 2.78. The number of nitrogens with zero attached hydrogens (tertiary/aromatic N) is 1. The first-order chi connectivity index (χ1) is 6.68. The van der Waals surface area contributed by atoms with Crippen LogP contribution in [0.25, 0.3) is 0 Å². The maximum Gasteiger partial charge on any atom is 0.0126 e. The van der Waals surface area contributed by atoms with Crippen LogP contribution in [0.1, 0.15) is 52.9 Å². The molecular formula is C13H25N. The molecule has 1 aliphatic heterocycles. The fraction of sp³-hybridized carbons (Fsp3) is 1.00. The van der Waals surface area contributed by atoms with Gasteiger partial charge in [0, 0.05) is 18.6 Å². The minimum absolute atomic E-state index is 0.753. The van der Waals surface area contributed by atoms with Crippen molar-refractivity contribution in [2.45, 2.75) is 65.0 Å². The van der Waals surface area contributed by atoms with Crippen LogP contribution in [0.5, 0.6) is 0 Å².